The molecular weight excluding hydrogens is 260 g/mol. The molecule has 0 aliphatic heterocycles. The monoisotopic (exact) mass is 274 g/mol. The summed E-state index contributed by atoms with van der Waals surface area (Å²) >= 11 is 6.12. The predicted octanol–water partition coefficient (Wildman–Crippen LogP) is 2.54. The third kappa shape index (κ3) is 3.34. The van der Waals surface area contributed by atoms with E-state index < -0.39 is 0 Å². The highest BCUT2D eigenvalue weighted by Gasteiger charge is 2.04. The van der Waals surface area contributed by atoms with Gasteiger partial charge in [0.25, 0.3) is 0 Å². The summed E-state index contributed by atoms with van der Waals surface area (Å²) < 4.78 is 1.81. The van der Waals surface area contributed by atoms with E-state index in [1.54, 1.807) is 16.8 Å². The highest BCUT2D eigenvalue weighted by Crippen LogP contribution is 2.17. The second-order valence-corrected chi connectivity index (χ2v) is 4.84. The van der Waals surface area contributed by atoms with Crippen molar-refractivity contribution in [3.05, 3.63) is 51.8 Å². The number of hydrogen-bond donors (Lipinski definition) is 1. The fourth-order valence-corrected chi connectivity index (χ4v) is 2.16. The summed E-state index contributed by atoms with van der Waals surface area (Å²) in [7, 11) is 1.91. The van der Waals surface area contributed by atoms with E-state index in [1.807, 2.05) is 26.2 Å². The van der Waals surface area contributed by atoms with Crippen LogP contribution >= 0.6 is 11.6 Å². The number of aromatic nitrogens is 2. The molecule has 0 fully saturated rings. The summed E-state index contributed by atoms with van der Waals surface area (Å²) in [6, 6.07) is 7.41. The summed E-state index contributed by atoms with van der Waals surface area (Å²) in [6.45, 7) is 3.40. The van der Waals surface area contributed by atoms with E-state index in [0.29, 0.717) is 17.1 Å². The number of aryl methyl sites for hydroxylation is 2. The standard InChI is InChI=1S/C14H15ClN4/c1-10-13(9-19(2)18-10)8-17-7-12-4-3-11(6-16)5-14(12)15/h3-5,9,17H,7-8H2,1-2H3. The van der Waals surface area contributed by atoms with Crippen molar-refractivity contribution in [1.29, 1.82) is 5.26 Å². The van der Waals surface area contributed by atoms with Crippen molar-refractivity contribution in [2.75, 3.05) is 0 Å². The minimum Gasteiger partial charge on any atom is -0.308 e. The SMILES string of the molecule is Cc1nn(C)cc1CNCc1ccc(C#N)cc1Cl. The van der Waals surface area contributed by atoms with Crippen LogP contribution in [-0.2, 0) is 20.1 Å². The Hall–Kier alpha value is -1.83. The van der Waals surface area contributed by atoms with Crippen LogP contribution in [0.15, 0.2) is 24.4 Å². The molecule has 0 saturated heterocycles. The molecule has 1 N–H and O–H groups in total. The quantitative estimate of drug-likeness (QED) is 0.932. The summed E-state index contributed by atoms with van der Waals surface area (Å²) in [5, 5.41) is 17.0. The molecule has 1 aromatic heterocycles. The van der Waals surface area contributed by atoms with E-state index in [2.05, 4.69) is 16.5 Å². The first-order valence-electron chi connectivity index (χ1n) is 5.98. The molecule has 0 saturated carbocycles. The van der Waals surface area contributed by atoms with Gasteiger partial charge in [0.1, 0.15) is 0 Å². The number of nitriles is 1. The van der Waals surface area contributed by atoms with Gasteiger partial charge in [0, 0.05) is 36.9 Å². The molecule has 0 aliphatic rings. The molecule has 1 aromatic carbocycles. The van der Waals surface area contributed by atoms with E-state index in [4.69, 9.17) is 16.9 Å². The molecule has 2 rings (SSSR count). The average molecular weight is 275 g/mol. The van der Waals surface area contributed by atoms with Gasteiger partial charge >= 0.3 is 0 Å². The van der Waals surface area contributed by atoms with Crippen LogP contribution in [0, 0.1) is 18.3 Å². The van der Waals surface area contributed by atoms with Crippen molar-refractivity contribution in [2.24, 2.45) is 7.05 Å². The van der Waals surface area contributed by atoms with Crippen LogP contribution in [0.1, 0.15) is 22.4 Å². The summed E-state index contributed by atoms with van der Waals surface area (Å²) in [4.78, 5) is 0. The predicted molar refractivity (Wildman–Crippen MR) is 74.7 cm³/mol. The number of rotatable bonds is 4. The minimum absolute atomic E-state index is 0.580. The fraction of sp³-hybridized carbons (Fsp3) is 0.286. The van der Waals surface area contributed by atoms with Crippen molar-refractivity contribution < 1.29 is 0 Å². The lowest BCUT2D eigenvalue weighted by Crippen LogP contribution is -2.13. The maximum Gasteiger partial charge on any atom is 0.0992 e. The maximum absolute atomic E-state index is 8.78. The van der Waals surface area contributed by atoms with Gasteiger partial charge in [-0.25, -0.2) is 0 Å². The maximum atomic E-state index is 8.78. The molecule has 2 aromatic rings. The Balaban J connectivity index is 1.96. The van der Waals surface area contributed by atoms with Crippen LogP contribution in [0.25, 0.3) is 0 Å². The van der Waals surface area contributed by atoms with Gasteiger partial charge in [-0.1, -0.05) is 17.7 Å². The zero-order valence-corrected chi connectivity index (χ0v) is 11.7. The van der Waals surface area contributed by atoms with Crippen LogP contribution in [0.4, 0.5) is 0 Å². The zero-order valence-electron chi connectivity index (χ0n) is 10.9. The molecule has 0 amide bonds. The van der Waals surface area contributed by atoms with Crippen LogP contribution in [0.3, 0.4) is 0 Å². The summed E-state index contributed by atoms with van der Waals surface area (Å²) in [6.07, 6.45) is 2.00. The lowest BCUT2D eigenvalue weighted by atomic mass is 10.1. The second kappa shape index (κ2) is 5.87. The summed E-state index contributed by atoms with van der Waals surface area (Å²) in [5.74, 6) is 0. The van der Waals surface area contributed by atoms with Gasteiger partial charge in [0.2, 0.25) is 0 Å². The summed E-state index contributed by atoms with van der Waals surface area (Å²) in [5.41, 5.74) is 3.77. The minimum atomic E-state index is 0.580. The highest BCUT2D eigenvalue weighted by molar-refractivity contribution is 6.31. The van der Waals surface area contributed by atoms with Crippen molar-refractivity contribution in [3.8, 4) is 6.07 Å². The molecule has 4 nitrogen and oxygen atoms in total. The van der Waals surface area contributed by atoms with Crippen LogP contribution in [-0.4, -0.2) is 9.78 Å². The first kappa shape index (κ1) is 13.6. The highest BCUT2D eigenvalue weighted by atomic mass is 35.5. The van der Waals surface area contributed by atoms with E-state index in [9.17, 15) is 0 Å². The van der Waals surface area contributed by atoms with Gasteiger partial charge in [-0.05, 0) is 24.6 Å². The van der Waals surface area contributed by atoms with Gasteiger partial charge in [0.05, 0.1) is 17.3 Å². The molecule has 1 heterocycles. The molecule has 5 heteroatoms. The van der Waals surface area contributed by atoms with Crippen LogP contribution in [0.5, 0.6) is 0 Å². The van der Waals surface area contributed by atoms with Crippen molar-refractivity contribution in [1.82, 2.24) is 15.1 Å². The van der Waals surface area contributed by atoms with Crippen LogP contribution < -0.4 is 5.32 Å². The molecule has 0 bridgehead atoms. The van der Waals surface area contributed by atoms with Crippen molar-refractivity contribution in [2.45, 2.75) is 20.0 Å². The van der Waals surface area contributed by atoms with Gasteiger partial charge < -0.3 is 5.32 Å². The molecule has 0 atom stereocenters. The van der Waals surface area contributed by atoms with Crippen molar-refractivity contribution >= 4 is 11.6 Å². The topological polar surface area (TPSA) is 53.6 Å². The average Bonchev–Trinajstić information content (AvgIpc) is 2.70. The molecular formula is C14H15ClN4. The molecule has 0 aliphatic carbocycles. The van der Waals surface area contributed by atoms with E-state index in [0.717, 1.165) is 17.8 Å². The fourth-order valence-electron chi connectivity index (χ4n) is 1.91. The van der Waals surface area contributed by atoms with Gasteiger partial charge in [0.15, 0.2) is 0 Å². The van der Waals surface area contributed by atoms with E-state index >= 15 is 0 Å². The molecule has 0 radical (unpaired) electrons. The largest absolute Gasteiger partial charge is 0.308 e. The molecule has 98 valence electrons. The second-order valence-electron chi connectivity index (χ2n) is 4.43. The van der Waals surface area contributed by atoms with Gasteiger partial charge in [-0.3, -0.25) is 4.68 Å². The number of nitrogens with one attached hydrogen (secondary N) is 1. The Morgan fingerprint density at radius 2 is 2.11 bits per heavy atom. The Morgan fingerprint density at radius 3 is 2.68 bits per heavy atom. The zero-order chi connectivity index (χ0) is 13.8. The van der Waals surface area contributed by atoms with Crippen molar-refractivity contribution in [3.63, 3.8) is 0 Å². The third-order valence-electron chi connectivity index (χ3n) is 2.93. The third-order valence-corrected chi connectivity index (χ3v) is 3.28. The van der Waals surface area contributed by atoms with Gasteiger partial charge in [-0.2, -0.15) is 10.4 Å². The Kier molecular flexibility index (Phi) is 4.20. The molecule has 0 unspecified atom stereocenters. The number of hydrogen-bond acceptors (Lipinski definition) is 3. The lowest BCUT2D eigenvalue weighted by Gasteiger charge is -2.06. The van der Waals surface area contributed by atoms with Crippen LogP contribution in [0.2, 0.25) is 5.02 Å². The number of nitrogens with zero attached hydrogens (tertiary/aromatic N) is 3. The smallest absolute Gasteiger partial charge is 0.0992 e. The lowest BCUT2D eigenvalue weighted by molar-refractivity contribution is 0.690. The number of halogens is 1. The number of benzene rings is 1. The first-order valence-corrected chi connectivity index (χ1v) is 6.36. The molecule has 19 heavy (non-hydrogen) atoms. The Labute approximate surface area is 117 Å². The normalized spacial score (nSPS) is 10.4. The van der Waals surface area contributed by atoms with E-state index in [1.165, 1.54) is 5.56 Å². The Morgan fingerprint density at radius 1 is 1.37 bits per heavy atom. The van der Waals surface area contributed by atoms with Gasteiger partial charge in [-0.15, -0.1) is 0 Å². The molecule has 0 spiro atoms. The Bertz CT molecular complexity index is 625. The first-order chi connectivity index (χ1) is 9.10. The van der Waals surface area contributed by atoms with E-state index in [-0.39, 0.29) is 0 Å².